The fraction of sp³-hybridized carbons (Fsp3) is 0.350. The van der Waals surface area contributed by atoms with Crippen molar-refractivity contribution in [3.8, 4) is 5.75 Å². The molecule has 3 aromatic rings. The Labute approximate surface area is 171 Å². The van der Waals surface area contributed by atoms with Crippen LogP contribution in [0.1, 0.15) is 18.5 Å². The van der Waals surface area contributed by atoms with Crippen molar-refractivity contribution < 1.29 is 28.1 Å². The lowest BCUT2D eigenvalue weighted by Crippen LogP contribution is -2.60. The van der Waals surface area contributed by atoms with Crippen molar-refractivity contribution in [1.82, 2.24) is 4.57 Å². The maximum Gasteiger partial charge on any atom is 0.270 e. The van der Waals surface area contributed by atoms with Crippen molar-refractivity contribution in [3.05, 3.63) is 52.6 Å². The summed E-state index contributed by atoms with van der Waals surface area (Å²) in [5.41, 5.74) is 6.63. The summed E-state index contributed by atoms with van der Waals surface area (Å²) in [5.74, 6) is 0.0451. The second kappa shape index (κ2) is 7.10. The maximum absolute atomic E-state index is 13.7. The van der Waals surface area contributed by atoms with Crippen molar-refractivity contribution in [3.63, 3.8) is 0 Å². The molecular formula is C20H21FN2O5S. The molecular weight excluding hydrogens is 399 g/mol. The van der Waals surface area contributed by atoms with E-state index in [1.54, 1.807) is 35.8 Å². The fourth-order valence-electron chi connectivity index (χ4n) is 3.98. The summed E-state index contributed by atoms with van der Waals surface area (Å²) in [7, 11) is 2.93. The minimum absolute atomic E-state index is 0.0821. The number of benzene rings is 2. The number of fused-ring (bicyclic) bond motifs is 2. The molecule has 3 N–H and O–H groups in total. The molecule has 0 aliphatic carbocycles. The zero-order valence-electron chi connectivity index (χ0n) is 16.1. The van der Waals surface area contributed by atoms with Gasteiger partial charge in [0.15, 0.2) is 17.5 Å². The van der Waals surface area contributed by atoms with E-state index in [0.717, 1.165) is 0 Å². The van der Waals surface area contributed by atoms with Crippen LogP contribution < -0.4 is 10.5 Å². The molecule has 0 unspecified atom stereocenters. The number of hydrogen-bond acceptors (Lipinski definition) is 7. The predicted octanol–water partition coefficient (Wildman–Crippen LogP) is 3.41. The molecule has 1 aliphatic heterocycles. The van der Waals surface area contributed by atoms with Gasteiger partial charge in [0.25, 0.3) is 4.84 Å². The van der Waals surface area contributed by atoms with Gasteiger partial charge in [0.1, 0.15) is 17.7 Å². The Balaban J connectivity index is 2.00. The van der Waals surface area contributed by atoms with Gasteiger partial charge >= 0.3 is 0 Å². The molecule has 3 atom stereocenters. The predicted molar refractivity (Wildman–Crippen MR) is 107 cm³/mol. The van der Waals surface area contributed by atoms with Crippen LogP contribution in [0.5, 0.6) is 5.75 Å². The number of aliphatic hydroxyl groups is 1. The molecule has 0 saturated carbocycles. The minimum Gasteiger partial charge on any atom is -0.479 e. The number of aliphatic hydroxyl groups excluding tert-OH is 1. The summed E-state index contributed by atoms with van der Waals surface area (Å²) in [6, 6.07) is 8.50. The monoisotopic (exact) mass is 420 g/mol. The van der Waals surface area contributed by atoms with Gasteiger partial charge in [-0.3, -0.25) is 4.57 Å². The van der Waals surface area contributed by atoms with Crippen LogP contribution in [0.3, 0.4) is 0 Å². The molecule has 4 rings (SSSR count). The Hall–Kier alpha value is -2.46. The first-order valence-corrected chi connectivity index (χ1v) is 9.33. The number of nitrogens with two attached hydrogens (primary N) is 1. The SMILES string of the molecule is COC(OC)[C@]1(C)Oc2ccc(N)cc2[C@@H](n2c(=S)oc3cc(F)ccc32)[C@H]1O. The molecule has 0 bridgehead atoms. The number of nitrogen functional groups attached to an aromatic ring is 1. The summed E-state index contributed by atoms with van der Waals surface area (Å²) >= 11 is 5.42. The van der Waals surface area contributed by atoms with Gasteiger partial charge in [0, 0.05) is 31.5 Å². The third-order valence-electron chi connectivity index (χ3n) is 5.32. The first kappa shape index (κ1) is 19.8. The highest BCUT2D eigenvalue weighted by Gasteiger charge is 2.53. The van der Waals surface area contributed by atoms with Gasteiger partial charge < -0.3 is 29.5 Å². The minimum atomic E-state index is -1.28. The number of methoxy groups -OCH3 is 2. The quantitative estimate of drug-likeness (QED) is 0.380. The lowest BCUT2D eigenvalue weighted by atomic mass is 9.84. The molecule has 2 heterocycles. The molecule has 1 aromatic heterocycles. The molecule has 0 saturated heterocycles. The van der Waals surface area contributed by atoms with E-state index in [1.807, 2.05) is 0 Å². The molecule has 0 amide bonds. The van der Waals surface area contributed by atoms with E-state index in [1.165, 1.54) is 26.4 Å². The average molecular weight is 420 g/mol. The summed E-state index contributed by atoms with van der Waals surface area (Å²) < 4.78 is 37.9. The van der Waals surface area contributed by atoms with Crippen molar-refractivity contribution >= 4 is 29.0 Å². The summed E-state index contributed by atoms with van der Waals surface area (Å²) in [5, 5.41) is 11.5. The maximum atomic E-state index is 13.7. The molecule has 1 aliphatic rings. The number of hydrogen-bond donors (Lipinski definition) is 2. The highest BCUT2D eigenvalue weighted by molar-refractivity contribution is 7.71. The van der Waals surface area contributed by atoms with Crippen molar-refractivity contribution in [1.29, 1.82) is 0 Å². The third-order valence-corrected chi connectivity index (χ3v) is 5.60. The Morgan fingerprint density at radius 2 is 1.97 bits per heavy atom. The van der Waals surface area contributed by atoms with Gasteiger partial charge in [0.2, 0.25) is 0 Å². The van der Waals surface area contributed by atoms with Gasteiger partial charge in [-0.15, -0.1) is 0 Å². The molecule has 2 aromatic carbocycles. The van der Waals surface area contributed by atoms with Crippen LogP contribution in [0.4, 0.5) is 10.1 Å². The zero-order valence-corrected chi connectivity index (χ0v) is 16.9. The Bertz CT molecular complexity index is 1130. The average Bonchev–Trinajstić information content (AvgIpc) is 2.99. The van der Waals surface area contributed by atoms with E-state index in [9.17, 15) is 9.50 Å². The first-order chi connectivity index (χ1) is 13.8. The zero-order chi connectivity index (χ0) is 20.9. The van der Waals surface area contributed by atoms with Crippen LogP contribution >= 0.6 is 12.2 Å². The van der Waals surface area contributed by atoms with Gasteiger partial charge in [-0.2, -0.15) is 0 Å². The number of oxazole rings is 1. The number of aromatic nitrogens is 1. The lowest BCUT2D eigenvalue weighted by Gasteiger charge is -2.46. The number of halogens is 1. The number of nitrogens with zero attached hydrogens (tertiary/aromatic N) is 1. The van der Waals surface area contributed by atoms with E-state index < -0.39 is 29.9 Å². The first-order valence-electron chi connectivity index (χ1n) is 8.93. The summed E-state index contributed by atoms with van der Waals surface area (Å²) in [4.78, 5) is 0.0821. The molecule has 0 radical (unpaired) electrons. The molecule has 29 heavy (non-hydrogen) atoms. The topological polar surface area (TPSA) is 92.0 Å². The second-order valence-electron chi connectivity index (χ2n) is 7.13. The van der Waals surface area contributed by atoms with Crippen LogP contribution in [0.15, 0.2) is 40.8 Å². The van der Waals surface area contributed by atoms with Crippen molar-refractivity contribution in [2.24, 2.45) is 0 Å². The number of anilines is 1. The standard InChI is InChI=1S/C20H21FN2O5S/c1-20(18(25-2)26-3)17(24)16(12-9-11(22)5-7-14(12)28-20)23-13-6-4-10(21)8-15(13)27-19(23)29/h4-9,16-18,24H,22H2,1-3H3/t16-,17-,20-/m1/s1. The van der Waals surface area contributed by atoms with Gasteiger partial charge in [-0.05, 0) is 49.5 Å². The molecule has 9 heteroatoms. The molecule has 7 nitrogen and oxygen atoms in total. The third kappa shape index (κ3) is 3.01. The van der Waals surface area contributed by atoms with Crippen LogP contribution in [0.2, 0.25) is 0 Å². The Morgan fingerprint density at radius 3 is 2.66 bits per heavy atom. The van der Waals surface area contributed by atoms with Crippen LogP contribution in [0.25, 0.3) is 11.1 Å². The van der Waals surface area contributed by atoms with Gasteiger partial charge in [-0.25, -0.2) is 4.39 Å². The lowest BCUT2D eigenvalue weighted by molar-refractivity contribution is -0.238. The highest BCUT2D eigenvalue weighted by atomic mass is 32.1. The van der Waals surface area contributed by atoms with Gasteiger partial charge in [0.05, 0.1) is 11.6 Å². The Kier molecular flexibility index (Phi) is 4.86. The Morgan fingerprint density at radius 1 is 1.24 bits per heavy atom. The van der Waals surface area contributed by atoms with Crippen LogP contribution in [-0.2, 0) is 9.47 Å². The molecule has 0 fully saturated rings. The summed E-state index contributed by atoms with van der Waals surface area (Å²) in [6.07, 6.45) is -2.05. The number of ether oxygens (including phenoxy) is 3. The van der Waals surface area contributed by atoms with Crippen LogP contribution in [-0.4, -0.2) is 41.9 Å². The number of rotatable bonds is 4. The fourth-order valence-corrected chi connectivity index (χ4v) is 4.28. The van der Waals surface area contributed by atoms with Crippen LogP contribution in [0, 0.1) is 10.7 Å². The highest BCUT2D eigenvalue weighted by Crippen LogP contribution is 2.46. The van der Waals surface area contributed by atoms with E-state index >= 15 is 0 Å². The van der Waals surface area contributed by atoms with Crippen molar-refractivity contribution in [2.75, 3.05) is 20.0 Å². The molecule has 154 valence electrons. The summed E-state index contributed by atoms with van der Waals surface area (Å²) in [6.45, 7) is 1.69. The second-order valence-corrected chi connectivity index (χ2v) is 7.48. The van der Waals surface area contributed by atoms with E-state index in [2.05, 4.69) is 0 Å². The van der Waals surface area contributed by atoms with E-state index in [0.29, 0.717) is 22.5 Å². The van der Waals surface area contributed by atoms with E-state index in [-0.39, 0.29) is 10.4 Å². The van der Waals surface area contributed by atoms with Gasteiger partial charge in [-0.1, -0.05) is 0 Å². The normalized spacial score (nSPS) is 23.9. The van der Waals surface area contributed by atoms with Crippen molar-refractivity contribution in [2.45, 2.75) is 31.0 Å². The molecule has 0 spiro atoms. The smallest absolute Gasteiger partial charge is 0.270 e. The largest absolute Gasteiger partial charge is 0.479 e. The van der Waals surface area contributed by atoms with E-state index in [4.69, 9.17) is 36.6 Å².